The lowest BCUT2D eigenvalue weighted by Gasteiger charge is -2.36. The number of carboxylic acids is 1. The van der Waals surface area contributed by atoms with Crippen LogP contribution in [0.3, 0.4) is 0 Å². The van der Waals surface area contributed by atoms with Crippen LogP contribution in [0.1, 0.15) is 41.0 Å². The molecular formula is C16H28N2O5. The molecule has 0 saturated carbocycles. The number of piperidine rings is 1. The van der Waals surface area contributed by atoms with E-state index in [-0.39, 0.29) is 25.4 Å². The monoisotopic (exact) mass is 328 g/mol. The third-order valence-corrected chi connectivity index (χ3v) is 3.51. The molecule has 7 heteroatoms. The second kappa shape index (κ2) is 7.66. The average Bonchev–Trinajstić information content (AvgIpc) is 2.42. The van der Waals surface area contributed by atoms with Crippen LogP contribution in [0.5, 0.6) is 0 Å². The van der Waals surface area contributed by atoms with E-state index in [2.05, 4.69) is 5.32 Å². The Balaban J connectivity index is 2.78. The van der Waals surface area contributed by atoms with Gasteiger partial charge in [-0.3, -0.25) is 9.59 Å². The zero-order valence-corrected chi connectivity index (χ0v) is 14.6. The maximum absolute atomic E-state index is 12.2. The van der Waals surface area contributed by atoms with Crippen LogP contribution in [0, 0.1) is 17.8 Å². The fourth-order valence-corrected chi connectivity index (χ4v) is 2.39. The van der Waals surface area contributed by atoms with Crippen LogP contribution in [0.2, 0.25) is 0 Å². The standard InChI is InChI=1S/C16H28N2O5/c1-10(2)7-17-13(19)11-6-12(14(20)21)9-18(8-11)15(22)23-16(3,4)5/h10-12H,6-9H2,1-5H3,(H,17,19)(H,20,21)/t11-,12+/m0/s1. The van der Waals surface area contributed by atoms with Crippen molar-refractivity contribution in [2.75, 3.05) is 19.6 Å². The molecule has 23 heavy (non-hydrogen) atoms. The maximum atomic E-state index is 12.2. The predicted molar refractivity (Wildman–Crippen MR) is 84.9 cm³/mol. The number of ether oxygens (including phenoxy) is 1. The fourth-order valence-electron chi connectivity index (χ4n) is 2.39. The Morgan fingerprint density at radius 1 is 1.22 bits per heavy atom. The number of hydrogen-bond acceptors (Lipinski definition) is 4. The molecule has 0 unspecified atom stereocenters. The molecule has 1 rings (SSSR count). The molecule has 132 valence electrons. The van der Waals surface area contributed by atoms with Gasteiger partial charge in [0.2, 0.25) is 5.91 Å². The van der Waals surface area contributed by atoms with Crippen LogP contribution in [0.4, 0.5) is 4.79 Å². The smallest absolute Gasteiger partial charge is 0.410 e. The summed E-state index contributed by atoms with van der Waals surface area (Å²) in [5.74, 6) is -2.19. The van der Waals surface area contributed by atoms with Gasteiger partial charge in [-0.05, 0) is 33.1 Å². The van der Waals surface area contributed by atoms with E-state index in [0.29, 0.717) is 12.5 Å². The molecule has 0 bridgehead atoms. The number of nitrogens with zero attached hydrogens (tertiary/aromatic N) is 1. The Morgan fingerprint density at radius 2 is 1.78 bits per heavy atom. The Morgan fingerprint density at radius 3 is 2.26 bits per heavy atom. The second-order valence-electron chi connectivity index (χ2n) is 7.49. The number of carboxylic acid groups (broad SMARTS) is 1. The topological polar surface area (TPSA) is 95.9 Å². The molecule has 1 heterocycles. The number of rotatable bonds is 4. The number of nitrogens with one attached hydrogen (secondary N) is 1. The number of aliphatic carboxylic acids is 1. The summed E-state index contributed by atoms with van der Waals surface area (Å²) >= 11 is 0. The lowest BCUT2D eigenvalue weighted by Crippen LogP contribution is -2.51. The van der Waals surface area contributed by atoms with Gasteiger partial charge in [-0.1, -0.05) is 13.8 Å². The third kappa shape index (κ3) is 6.46. The van der Waals surface area contributed by atoms with Gasteiger partial charge in [-0.2, -0.15) is 0 Å². The lowest BCUT2D eigenvalue weighted by atomic mass is 9.88. The Bertz CT molecular complexity index is 456. The van der Waals surface area contributed by atoms with E-state index in [1.54, 1.807) is 20.8 Å². The molecule has 0 aromatic carbocycles. The Hall–Kier alpha value is -1.79. The average molecular weight is 328 g/mol. The second-order valence-corrected chi connectivity index (χ2v) is 7.49. The molecule has 0 radical (unpaired) electrons. The maximum Gasteiger partial charge on any atom is 0.410 e. The summed E-state index contributed by atoms with van der Waals surface area (Å²) < 4.78 is 5.29. The van der Waals surface area contributed by atoms with Crippen LogP contribution >= 0.6 is 0 Å². The molecule has 7 nitrogen and oxygen atoms in total. The van der Waals surface area contributed by atoms with Crippen molar-refractivity contribution in [3.8, 4) is 0 Å². The summed E-state index contributed by atoms with van der Waals surface area (Å²) in [4.78, 5) is 37.1. The largest absolute Gasteiger partial charge is 0.481 e. The van der Waals surface area contributed by atoms with Gasteiger partial charge in [0.25, 0.3) is 0 Å². The van der Waals surface area contributed by atoms with Crippen molar-refractivity contribution in [3.05, 3.63) is 0 Å². The van der Waals surface area contributed by atoms with Crippen molar-refractivity contribution in [2.24, 2.45) is 17.8 Å². The van der Waals surface area contributed by atoms with Gasteiger partial charge >= 0.3 is 12.1 Å². The third-order valence-electron chi connectivity index (χ3n) is 3.51. The molecule has 1 saturated heterocycles. The number of carbonyl (C=O) groups is 3. The Kier molecular flexibility index (Phi) is 6.41. The summed E-state index contributed by atoms with van der Waals surface area (Å²) in [6.07, 6.45) is -0.344. The SMILES string of the molecule is CC(C)CNC(=O)[C@H]1C[C@@H](C(=O)O)CN(C(=O)OC(C)(C)C)C1. The van der Waals surface area contributed by atoms with Crippen LogP contribution in [0.15, 0.2) is 0 Å². The van der Waals surface area contributed by atoms with Crippen molar-refractivity contribution < 1.29 is 24.2 Å². The van der Waals surface area contributed by atoms with Crippen molar-refractivity contribution in [3.63, 3.8) is 0 Å². The van der Waals surface area contributed by atoms with E-state index < -0.39 is 29.5 Å². The van der Waals surface area contributed by atoms with Gasteiger partial charge in [0.1, 0.15) is 5.60 Å². The minimum absolute atomic E-state index is 0.0677. The quantitative estimate of drug-likeness (QED) is 0.819. The molecule has 0 spiro atoms. The highest BCUT2D eigenvalue weighted by Crippen LogP contribution is 2.24. The van der Waals surface area contributed by atoms with E-state index in [0.717, 1.165) is 0 Å². The lowest BCUT2D eigenvalue weighted by molar-refractivity contribution is -0.145. The summed E-state index contributed by atoms with van der Waals surface area (Å²) in [6, 6.07) is 0. The molecule has 2 atom stereocenters. The van der Waals surface area contributed by atoms with E-state index in [9.17, 15) is 19.5 Å². The summed E-state index contributed by atoms with van der Waals surface area (Å²) in [6.45, 7) is 9.98. The van der Waals surface area contributed by atoms with E-state index >= 15 is 0 Å². The highest BCUT2D eigenvalue weighted by molar-refractivity contribution is 5.82. The first-order valence-electron chi connectivity index (χ1n) is 7.98. The van der Waals surface area contributed by atoms with Crippen LogP contribution in [-0.2, 0) is 14.3 Å². The zero-order valence-electron chi connectivity index (χ0n) is 14.6. The van der Waals surface area contributed by atoms with E-state index in [4.69, 9.17) is 4.74 Å². The molecule has 1 aliphatic rings. The highest BCUT2D eigenvalue weighted by Gasteiger charge is 2.38. The molecular weight excluding hydrogens is 300 g/mol. The predicted octanol–water partition coefficient (Wildman–Crippen LogP) is 1.72. The summed E-state index contributed by atoms with van der Waals surface area (Å²) in [7, 11) is 0. The molecule has 1 fully saturated rings. The van der Waals surface area contributed by atoms with Crippen LogP contribution < -0.4 is 5.32 Å². The highest BCUT2D eigenvalue weighted by atomic mass is 16.6. The van der Waals surface area contributed by atoms with Crippen molar-refractivity contribution >= 4 is 18.0 Å². The summed E-state index contributed by atoms with van der Waals surface area (Å²) in [5, 5.41) is 12.1. The van der Waals surface area contributed by atoms with Gasteiger partial charge in [0.15, 0.2) is 0 Å². The first kappa shape index (κ1) is 19.3. The normalized spacial score (nSPS) is 21.9. The number of amides is 2. The van der Waals surface area contributed by atoms with Gasteiger partial charge in [-0.25, -0.2) is 4.79 Å². The first-order chi connectivity index (χ1) is 10.5. The minimum Gasteiger partial charge on any atom is -0.481 e. The van der Waals surface area contributed by atoms with Crippen molar-refractivity contribution in [1.82, 2.24) is 10.2 Å². The number of hydrogen-bond donors (Lipinski definition) is 2. The molecule has 2 N–H and O–H groups in total. The van der Waals surface area contributed by atoms with Gasteiger partial charge in [0.05, 0.1) is 11.8 Å². The van der Waals surface area contributed by atoms with Gasteiger partial charge < -0.3 is 20.1 Å². The minimum atomic E-state index is -1.00. The fraction of sp³-hybridized carbons (Fsp3) is 0.812. The molecule has 0 aromatic heterocycles. The van der Waals surface area contributed by atoms with Gasteiger partial charge in [-0.15, -0.1) is 0 Å². The van der Waals surface area contributed by atoms with E-state index in [1.165, 1.54) is 4.90 Å². The summed E-state index contributed by atoms with van der Waals surface area (Å²) in [5.41, 5.74) is -0.664. The Labute approximate surface area is 137 Å². The van der Waals surface area contributed by atoms with Crippen LogP contribution in [-0.4, -0.2) is 53.2 Å². The molecule has 0 aliphatic carbocycles. The first-order valence-corrected chi connectivity index (χ1v) is 7.98. The van der Waals surface area contributed by atoms with Gasteiger partial charge in [0, 0.05) is 19.6 Å². The molecule has 1 aliphatic heterocycles. The molecule has 2 amide bonds. The van der Waals surface area contributed by atoms with Crippen molar-refractivity contribution in [1.29, 1.82) is 0 Å². The van der Waals surface area contributed by atoms with Crippen molar-refractivity contribution in [2.45, 2.75) is 46.6 Å². The zero-order chi connectivity index (χ0) is 17.8. The van der Waals surface area contributed by atoms with Crippen LogP contribution in [0.25, 0.3) is 0 Å². The molecule has 0 aromatic rings. The number of likely N-dealkylation sites (tertiary alicyclic amines) is 1. The van der Waals surface area contributed by atoms with E-state index in [1.807, 2.05) is 13.8 Å². The number of carbonyl (C=O) groups excluding carboxylic acids is 2.